The van der Waals surface area contributed by atoms with Crippen LogP contribution in [0, 0.1) is 6.92 Å². The number of amides is 1. The molecule has 1 aromatic heterocycles. The summed E-state index contributed by atoms with van der Waals surface area (Å²) in [4.78, 5) is 13.0. The van der Waals surface area contributed by atoms with Crippen molar-refractivity contribution >= 4 is 34.2 Å². The van der Waals surface area contributed by atoms with Crippen LogP contribution in [0.4, 0.5) is 5.69 Å². The molecule has 112 valence electrons. The average molecular weight is 315 g/mol. The number of hydrogen-bond donors (Lipinski definition) is 1. The van der Waals surface area contributed by atoms with Crippen LogP contribution in [0.3, 0.4) is 0 Å². The first kappa shape index (κ1) is 14.5. The molecule has 5 nitrogen and oxygen atoms in total. The van der Waals surface area contributed by atoms with Gasteiger partial charge in [0.25, 0.3) is 0 Å². The second-order valence-electron chi connectivity index (χ2n) is 5.03. The van der Waals surface area contributed by atoms with Gasteiger partial charge in [-0.2, -0.15) is 4.80 Å². The molecule has 0 saturated heterocycles. The summed E-state index contributed by atoms with van der Waals surface area (Å²) < 4.78 is 0. The zero-order valence-electron chi connectivity index (χ0n) is 12.3. The fraction of sp³-hybridized carbons (Fsp3) is 0.188. The highest BCUT2D eigenvalue weighted by atomic mass is 35.5. The normalized spacial score (nSPS) is 10.9. The molecule has 0 unspecified atom stereocenters. The van der Waals surface area contributed by atoms with E-state index in [-0.39, 0.29) is 5.91 Å². The summed E-state index contributed by atoms with van der Waals surface area (Å²) >= 11 is 6.14. The number of hydrogen-bond acceptors (Lipinski definition) is 3. The minimum absolute atomic E-state index is 0.0305. The molecule has 22 heavy (non-hydrogen) atoms. The van der Waals surface area contributed by atoms with Crippen molar-refractivity contribution in [3.05, 3.63) is 47.0 Å². The Bertz CT molecular complexity index is 856. The van der Waals surface area contributed by atoms with E-state index in [0.717, 1.165) is 16.8 Å². The van der Waals surface area contributed by atoms with Crippen LogP contribution in [-0.2, 0) is 4.79 Å². The van der Waals surface area contributed by atoms with Crippen molar-refractivity contribution in [2.24, 2.45) is 0 Å². The second-order valence-corrected chi connectivity index (χ2v) is 5.44. The third kappa shape index (κ3) is 2.80. The van der Waals surface area contributed by atoms with Crippen LogP contribution in [0.1, 0.15) is 18.9 Å². The van der Waals surface area contributed by atoms with Gasteiger partial charge in [0.15, 0.2) is 0 Å². The van der Waals surface area contributed by atoms with Gasteiger partial charge < -0.3 is 5.32 Å². The van der Waals surface area contributed by atoms with E-state index in [1.807, 2.05) is 50.2 Å². The van der Waals surface area contributed by atoms with Crippen molar-refractivity contribution in [2.75, 3.05) is 5.32 Å². The summed E-state index contributed by atoms with van der Waals surface area (Å²) in [5.74, 6) is -0.0305. The fourth-order valence-corrected chi connectivity index (χ4v) is 2.24. The van der Waals surface area contributed by atoms with Gasteiger partial charge in [0, 0.05) is 17.1 Å². The largest absolute Gasteiger partial charge is 0.326 e. The standard InChI is InChI=1S/C16H15ClN4O/c1-3-16(22)18-11-5-7-14-15(8-11)20-21(19-14)12-6-4-10(2)13(17)9-12/h4-9H,3H2,1-2H3,(H,18,22). The molecule has 0 aliphatic rings. The maximum atomic E-state index is 11.4. The van der Waals surface area contributed by atoms with Crippen LogP contribution in [0.15, 0.2) is 36.4 Å². The quantitative estimate of drug-likeness (QED) is 0.801. The van der Waals surface area contributed by atoms with E-state index in [1.54, 1.807) is 4.80 Å². The molecule has 3 aromatic rings. The van der Waals surface area contributed by atoms with E-state index in [1.165, 1.54) is 0 Å². The van der Waals surface area contributed by atoms with Crippen LogP contribution >= 0.6 is 11.6 Å². The zero-order chi connectivity index (χ0) is 15.7. The van der Waals surface area contributed by atoms with Crippen molar-refractivity contribution in [2.45, 2.75) is 20.3 Å². The zero-order valence-corrected chi connectivity index (χ0v) is 13.1. The molecule has 3 rings (SSSR count). The molecule has 1 heterocycles. The molecule has 0 saturated carbocycles. The minimum atomic E-state index is -0.0305. The number of carbonyl (C=O) groups excluding carboxylic acids is 1. The molecule has 0 spiro atoms. The highest BCUT2D eigenvalue weighted by Crippen LogP contribution is 2.21. The number of halogens is 1. The van der Waals surface area contributed by atoms with Crippen molar-refractivity contribution < 1.29 is 4.79 Å². The van der Waals surface area contributed by atoms with Gasteiger partial charge in [0.05, 0.1) is 5.69 Å². The molecule has 0 fully saturated rings. The predicted octanol–water partition coefficient (Wildman–Crippen LogP) is 3.73. The number of nitrogens with one attached hydrogen (secondary N) is 1. The third-order valence-electron chi connectivity index (χ3n) is 3.37. The van der Waals surface area contributed by atoms with Crippen molar-refractivity contribution in [1.82, 2.24) is 15.0 Å². The Morgan fingerprint density at radius 3 is 2.68 bits per heavy atom. The van der Waals surface area contributed by atoms with Gasteiger partial charge in [0.1, 0.15) is 11.0 Å². The van der Waals surface area contributed by atoms with Crippen LogP contribution in [0.5, 0.6) is 0 Å². The molecule has 0 atom stereocenters. The van der Waals surface area contributed by atoms with Gasteiger partial charge in [-0.15, -0.1) is 10.2 Å². The Kier molecular flexibility index (Phi) is 3.81. The summed E-state index contributed by atoms with van der Waals surface area (Å²) in [6.07, 6.45) is 0.437. The minimum Gasteiger partial charge on any atom is -0.326 e. The van der Waals surface area contributed by atoms with Gasteiger partial charge in [0.2, 0.25) is 5.91 Å². The number of carbonyl (C=O) groups is 1. The monoisotopic (exact) mass is 314 g/mol. The lowest BCUT2D eigenvalue weighted by Crippen LogP contribution is -2.09. The van der Waals surface area contributed by atoms with E-state index < -0.39 is 0 Å². The van der Waals surface area contributed by atoms with Crippen molar-refractivity contribution in [1.29, 1.82) is 0 Å². The molecular formula is C16H15ClN4O. The number of anilines is 1. The first-order valence-electron chi connectivity index (χ1n) is 7.00. The van der Waals surface area contributed by atoms with Crippen LogP contribution in [0.25, 0.3) is 16.7 Å². The smallest absolute Gasteiger partial charge is 0.224 e. The van der Waals surface area contributed by atoms with E-state index >= 15 is 0 Å². The Hall–Kier alpha value is -2.40. The lowest BCUT2D eigenvalue weighted by Gasteiger charge is -2.02. The number of benzene rings is 2. The van der Waals surface area contributed by atoms with E-state index in [4.69, 9.17) is 11.6 Å². The topological polar surface area (TPSA) is 59.8 Å². The first-order valence-corrected chi connectivity index (χ1v) is 7.38. The predicted molar refractivity (Wildman–Crippen MR) is 87.5 cm³/mol. The lowest BCUT2D eigenvalue weighted by atomic mass is 10.2. The number of aromatic nitrogens is 3. The van der Waals surface area contributed by atoms with Gasteiger partial charge in [-0.25, -0.2) is 0 Å². The van der Waals surface area contributed by atoms with Crippen LogP contribution < -0.4 is 5.32 Å². The molecule has 0 radical (unpaired) electrons. The fourth-order valence-electron chi connectivity index (χ4n) is 2.06. The van der Waals surface area contributed by atoms with E-state index in [2.05, 4.69) is 15.5 Å². The lowest BCUT2D eigenvalue weighted by molar-refractivity contribution is -0.115. The van der Waals surface area contributed by atoms with Gasteiger partial charge in [-0.3, -0.25) is 4.79 Å². The number of nitrogens with zero attached hydrogens (tertiary/aromatic N) is 3. The molecule has 1 amide bonds. The Morgan fingerprint density at radius 1 is 1.18 bits per heavy atom. The highest BCUT2D eigenvalue weighted by molar-refractivity contribution is 6.31. The summed E-state index contributed by atoms with van der Waals surface area (Å²) in [7, 11) is 0. The van der Waals surface area contributed by atoms with Gasteiger partial charge in [-0.05, 0) is 42.8 Å². The maximum Gasteiger partial charge on any atom is 0.224 e. The maximum absolute atomic E-state index is 11.4. The van der Waals surface area contributed by atoms with E-state index in [9.17, 15) is 4.79 Å². The summed E-state index contributed by atoms with van der Waals surface area (Å²) in [5, 5.41) is 12.4. The Morgan fingerprint density at radius 2 is 1.95 bits per heavy atom. The second kappa shape index (κ2) is 5.77. The molecule has 6 heteroatoms. The molecular weight excluding hydrogens is 300 g/mol. The summed E-state index contributed by atoms with van der Waals surface area (Å²) in [6.45, 7) is 3.76. The van der Waals surface area contributed by atoms with Crippen LogP contribution in [-0.4, -0.2) is 20.9 Å². The van der Waals surface area contributed by atoms with Crippen molar-refractivity contribution in [3.63, 3.8) is 0 Å². The SMILES string of the molecule is CCC(=O)Nc1ccc2nn(-c3ccc(C)c(Cl)c3)nc2c1. The average Bonchev–Trinajstić information content (AvgIpc) is 2.93. The number of aryl methyl sites for hydroxylation is 1. The molecule has 0 bridgehead atoms. The summed E-state index contributed by atoms with van der Waals surface area (Å²) in [5.41, 5.74) is 3.99. The third-order valence-corrected chi connectivity index (χ3v) is 3.78. The number of rotatable bonds is 3. The van der Waals surface area contributed by atoms with Crippen molar-refractivity contribution in [3.8, 4) is 5.69 Å². The summed E-state index contributed by atoms with van der Waals surface area (Å²) in [6, 6.07) is 11.1. The Balaban J connectivity index is 1.98. The Labute approximate surface area is 132 Å². The van der Waals surface area contributed by atoms with Gasteiger partial charge >= 0.3 is 0 Å². The highest BCUT2D eigenvalue weighted by Gasteiger charge is 2.08. The molecule has 1 N–H and O–H groups in total. The van der Waals surface area contributed by atoms with E-state index in [0.29, 0.717) is 22.6 Å². The first-order chi connectivity index (χ1) is 10.6. The molecule has 2 aromatic carbocycles. The number of fused-ring (bicyclic) bond motifs is 1. The van der Waals surface area contributed by atoms with Gasteiger partial charge in [-0.1, -0.05) is 24.6 Å². The molecule has 0 aliphatic carbocycles. The molecule has 0 aliphatic heterocycles. The van der Waals surface area contributed by atoms with Crippen LogP contribution in [0.2, 0.25) is 5.02 Å².